The topological polar surface area (TPSA) is 90.5 Å². The Morgan fingerprint density at radius 2 is 1.78 bits per heavy atom. The predicted octanol–water partition coefficient (Wildman–Crippen LogP) is 1.81. The van der Waals surface area contributed by atoms with Crippen LogP contribution in [0.2, 0.25) is 0 Å². The number of rotatable bonds is 5. The second kappa shape index (κ2) is 7.90. The van der Waals surface area contributed by atoms with Crippen LogP contribution < -0.4 is 20.9 Å². The number of hydrogen-bond acceptors (Lipinski definition) is 3. The van der Waals surface area contributed by atoms with Gasteiger partial charge in [0, 0.05) is 43.5 Å². The molecule has 1 saturated heterocycles. The number of carbonyl (C=O) groups excluding carboxylic acids is 3. The Morgan fingerprint density at radius 3 is 2.37 bits per heavy atom. The van der Waals surface area contributed by atoms with Crippen LogP contribution in [0.25, 0.3) is 0 Å². The minimum absolute atomic E-state index is 0.115. The minimum Gasteiger partial charge on any atom is -0.355 e. The first-order valence-electron chi connectivity index (χ1n) is 8.75. The smallest absolute Gasteiger partial charge is 0.322 e. The normalized spacial score (nSPS) is 13.3. The van der Waals surface area contributed by atoms with Crippen LogP contribution in [0.15, 0.2) is 42.5 Å². The zero-order valence-electron chi connectivity index (χ0n) is 15.3. The second-order valence-electron chi connectivity index (χ2n) is 6.34. The number of hydrogen-bond donors (Lipinski definition) is 3. The molecule has 0 bridgehead atoms. The molecule has 0 atom stereocenters. The first-order valence-corrected chi connectivity index (χ1v) is 8.75. The van der Waals surface area contributed by atoms with Crippen LogP contribution in [0.1, 0.15) is 31.8 Å². The van der Waals surface area contributed by atoms with Gasteiger partial charge < -0.3 is 16.0 Å². The molecule has 7 nitrogen and oxygen atoms in total. The molecule has 0 aromatic heterocycles. The van der Waals surface area contributed by atoms with E-state index in [1.165, 1.54) is 0 Å². The van der Waals surface area contributed by atoms with Gasteiger partial charge in [-0.05, 0) is 48.4 Å². The van der Waals surface area contributed by atoms with Crippen molar-refractivity contribution in [1.82, 2.24) is 16.0 Å². The first kappa shape index (κ1) is 18.4. The Bertz CT molecular complexity index is 877. The highest BCUT2D eigenvalue weighted by atomic mass is 16.2. The Kier molecular flexibility index (Phi) is 5.40. The number of urea groups is 1. The zero-order valence-corrected chi connectivity index (χ0v) is 15.3. The summed E-state index contributed by atoms with van der Waals surface area (Å²) in [5.74, 6) is -0.335. The number of benzene rings is 2. The quantitative estimate of drug-likeness (QED) is 0.754. The summed E-state index contributed by atoms with van der Waals surface area (Å²) < 4.78 is 0. The largest absolute Gasteiger partial charge is 0.355 e. The predicted molar refractivity (Wildman–Crippen MR) is 103 cm³/mol. The summed E-state index contributed by atoms with van der Waals surface area (Å²) in [4.78, 5) is 37.4. The highest BCUT2D eigenvalue weighted by molar-refractivity contribution is 5.98. The van der Waals surface area contributed by atoms with Gasteiger partial charge >= 0.3 is 6.03 Å². The summed E-state index contributed by atoms with van der Waals surface area (Å²) in [6, 6.07) is 12.3. The maximum absolute atomic E-state index is 12.4. The third-order valence-electron chi connectivity index (χ3n) is 4.50. The molecule has 1 heterocycles. The van der Waals surface area contributed by atoms with Gasteiger partial charge in [0.1, 0.15) is 0 Å². The maximum atomic E-state index is 12.4. The van der Waals surface area contributed by atoms with Crippen molar-refractivity contribution in [2.24, 2.45) is 0 Å². The van der Waals surface area contributed by atoms with Crippen LogP contribution in [0.3, 0.4) is 0 Å². The molecular weight excluding hydrogens is 344 g/mol. The molecule has 0 spiro atoms. The number of amides is 4. The highest BCUT2D eigenvalue weighted by Gasteiger charge is 2.22. The fourth-order valence-electron chi connectivity index (χ4n) is 3.00. The van der Waals surface area contributed by atoms with Gasteiger partial charge in [-0.25, -0.2) is 4.79 Å². The average molecular weight is 366 g/mol. The van der Waals surface area contributed by atoms with E-state index in [1.54, 1.807) is 42.3 Å². The van der Waals surface area contributed by atoms with E-state index in [-0.39, 0.29) is 17.8 Å². The molecular formula is C20H22N4O3. The van der Waals surface area contributed by atoms with Gasteiger partial charge in [0.2, 0.25) is 0 Å². The van der Waals surface area contributed by atoms with Crippen LogP contribution in [-0.2, 0) is 6.54 Å². The third kappa shape index (κ3) is 4.08. The van der Waals surface area contributed by atoms with Crippen LogP contribution in [-0.4, -0.2) is 38.0 Å². The minimum atomic E-state index is -0.189. The van der Waals surface area contributed by atoms with Gasteiger partial charge in [-0.15, -0.1) is 0 Å². The fraction of sp³-hybridized carbons (Fsp3) is 0.250. The van der Waals surface area contributed by atoms with E-state index in [4.69, 9.17) is 0 Å². The Balaban J connectivity index is 1.63. The third-order valence-corrected chi connectivity index (χ3v) is 4.50. The lowest BCUT2D eigenvalue weighted by molar-refractivity contribution is 0.0946. The molecule has 2 aromatic rings. The van der Waals surface area contributed by atoms with Gasteiger partial charge in [-0.2, -0.15) is 0 Å². The summed E-state index contributed by atoms with van der Waals surface area (Å²) in [5, 5.41) is 8.21. The van der Waals surface area contributed by atoms with E-state index in [9.17, 15) is 14.4 Å². The SMILES string of the molecule is CNC(=O)c1ccc(CNC(=O)c2ccc(N3CCNC3=O)c(C)c2)cc1. The Hall–Kier alpha value is -3.35. The van der Waals surface area contributed by atoms with Crippen molar-refractivity contribution in [3.05, 3.63) is 64.7 Å². The molecule has 1 aliphatic heterocycles. The highest BCUT2D eigenvalue weighted by Crippen LogP contribution is 2.22. The van der Waals surface area contributed by atoms with Crippen molar-refractivity contribution < 1.29 is 14.4 Å². The second-order valence-corrected chi connectivity index (χ2v) is 6.34. The van der Waals surface area contributed by atoms with E-state index < -0.39 is 0 Å². The van der Waals surface area contributed by atoms with Gasteiger partial charge in [0.15, 0.2) is 0 Å². The summed E-state index contributed by atoms with van der Waals surface area (Å²) in [5.41, 5.74) is 3.70. The number of anilines is 1. The van der Waals surface area contributed by atoms with Crippen molar-refractivity contribution in [3.8, 4) is 0 Å². The molecule has 2 aromatic carbocycles. The summed E-state index contributed by atoms with van der Waals surface area (Å²) in [7, 11) is 1.58. The summed E-state index contributed by atoms with van der Waals surface area (Å²) in [6.45, 7) is 3.49. The Morgan fingerprint density at radius 1 is 1.07 bits per heavy atom. The standard InChI is InChI=1S/C20H22N4O3/c1-13-11-16(7-8-17(13)24-10-9-22-20(24)27)19(26)23-12-14-3-5-15(6-4-14)18(25)21-2/h3-8,11H,9-10,12H2,1-2H3,(H,21,25)(H,22,27)(H,23,26). The number of nitrogens with zero attached hydrogens (tertiary/aromatic N) is 1. The molecule has 0 aliphatic carbocycles. The average Bonchev–Trinajstić information content (AvgIpc) is 3.11. The maximum Gasteiger partial charge on any atom is 0.322 e. The molecule has 4 amide bonds. The summed E-state index contributed by atoms with van der Waals surface area (Å²) in [6.07, 6.45) is 0. The first-order chi connectivity index (χ1) is 13.0. The van der Waals surface area contributed by atoms with Crippen LogP contribution >= 0.6 is 0 Å². The van der Waals surface area contributed by atoms with Crippen LogP contribution in [0.4, 0.5) is 10.5 Å². The van der Waals surface area contributed by atoms with Crippen molar-refractivity contribution in [2.75, 3.05) is 25.0 Å². The molecule has 3 N–H and O–H groups in total. The van der Waals surface area contributed by atoms with Gasteiger partial charge in [0.05, 0.1) is 0 Å². The molecule has 0 unspecified atom stereocenters. The molecule has 27 heavy (non-hydrogen) atoms. The monoisotopic (exact) mass is 366 g/mol. The summed E-state index contributed by atoms with van der Waals surface area (Å²) >= 11 is 0. The molecule has 0 radical (unpaired) electrons. The Labute approximate surface area is 157 Å². The lowest BCUT2D eigenvalue weighted by Gasteiger charge is -2.17. The van der Waals surface area contributed by atoms with Crippen molar-refractivity contribution in [1.29, 1.82) is 0 Å². The van der Waals surface area contributed by atoms with E-state index in [0.29, 0.717) is 30.8 Å². The van der Waals surface area contributed by atoms with E-state index in [2.05, 4.69) is 16.0 Å². The van der Waals surface area contributed by atoms with E-state index in [0.717, 1.165) is 16.8 Å². The van der Waals surface area contributed by atoms with Crippen molar-refractivity contribution in [3.63, 3.8) is 0 Å². The number of nitrogens with one attached hydrogen (secondary N) is 3. The van der Waals surface area contributed by atoms with Gasteiger partial charge in [-0.3, -0.25) is 14.5 Å². The number of aryl methyl sites for hydroxylation is 1. The number of carbonyl (C=O) groups is 3. The molecule has 3 rings (SSSR count). The van der Waals surface area contributed by atoms with Crippen LogP contribution in [0, 0.1) is 6.92 Å². The van der Waals surface area contributed by atoms with Gasteiger partial charge in [-0.1, -0.05) is 12.1 Å². The van der Waals surface area contributed by atoms with E-state index in [1.807, 2.05) is 19.1 Å². The molecule has 0 saturated carbocycles. The van der Waals surface area contributed by atoms with Crippen LogP contribution in [0.5, 0.6) is 0 Å². The van der Waals surface area contributed by atoms with Crippen molar-refractivity contribution in [2.45, 2.75) is 13.5 Å². The van der Waals surface area contributed by atoms with Gasteiger partial charge in [0.25, 0.3) is 11.8 Å². The molecule has 1 aliphatic rings. The molecule has 140 valence electrons. The molecule has 1 fully saturated rings. The lowest BCUT2D eigenvalue weighted by Crippen LogP contribution is -2.28. The fourth-order valence-corrected chi connectivity index (χ4v) is 3.00. The van der Waals surface area contributed by atoms with E-state index >= 15 is 0 Å². The van der Waals surface area contributed by atoms with Crippen molar-refractivity contribution >= 4 is 23.5 Å². The lowest BCUT2D eigenvalue weighted by atomic mass is 10.1. The zero-order chi connectivity index (χ0) is 19.4. The molecule has 7 heteroatoms.